The fraction of sp³-hybridized carbons (Fsp3) is 0.357. The van der Waals surface area contributed by atoms with Gasteiger partial charge in [-0.2, -0.15) is 0 Å². The first kappa shape index (κ1) is 12.4. The lowest BCUT2D eigenvalue weighted by molar-refractivity contribution is 0.111. The van der Waals surface area contributed by atoms with Gasteiger partial charge >= 0.3 is 0 Å². The van der Waals surface area contributed by atoms with Crippen LogP contribution in [0.25, 0.3) is 5.69 Å². The minimum absolute atomic E-state index is 0.383. The summed E-state index contributed by atoms with van der Waals surface area (Å²) in [5.74, 6) is 0.383. The molecule has 19 heavy (non-hydrogen) atoms. The summed E-state index contributed by atoms with van der Waals surface area (Å²) in [5, 5.41) is 8.82. The number of aromatic nitrogens is 3. The zero-order valence-corrected chi connectivity index (χ0v) is 11.4. The smallest absolute Gasteiger partial charge is 0.172 e. The van der Waals surface area contributed by atoms with Crippen LogP contribution in [0.3, 0.4) is 0 Å². The third-order valence-electron chi connectivity index (χ3n) is 3.80. The van der Waals surface area contributed by atoms with Crippen LogP contribution >= 0.6 is 11.6 Å². The molecule has 3 rings (SSSR count). The lowest BCUT2D eigenvalue weighted by Crippen LogP contribution is -2.16. The molecule has 0 amide bonds. The summed E-state index contributed by atoms with van der Waals surface area (Å²) < 4.78 is 1.77. The molecule has 0 N–H and O–H groups in total. The molecule has 1 aromatic heterocycles. The molecule has 1 heterocycles. The van der Waals surface area contributed by atoms with E-state index in [4.69, 9.17) is 11.6 Å². The molecule has 0 radical (unpaired) electrons. The predicted octanol–water partition coefficient (Wildman–Crippen LogP) is 3.31. The molecule has 1 aromatic carbocycles. The molecule has 1 saturated carbocycles. The molecule has 0 bridgehead atoms. The highest BCUT2D eigenvalue weighted by atomic mass is 35.5. The Hall–Kier alpha value is -1.68. The van der Waals surface area contributed by atoms with Gasteiger partial charge in [0, 0.05) is 10.9 Å². The van der Waals surface area contributed by atoms with Crippen molar-refractivity contribution in [1.29, 1.82) is 0 Å². The van der Waals surface area contributed by atoms with Crippen LogP contribution in [0.2, 0.25) is 5.02 Å². The van der Waals surface area contributed by atoms with Crippen molar-refractivity contribution >= 4 is 17.9 Å². The Balaban J connectivity index is 2.17. The largest absolute Gasteiger partial charge is 0.296 e. The highest BCUT2D eigenvalue weighted by molar-refractivity contribution is 6.31. The molecule has 1 aliphatic carbocycles. The maximum absolute atomic E-state index is 11.1. The van der Waals surface area contributed by atoms with Gasteiger partial charge in [-0.05, 0) is 37.5 Å². The van der Waals surface area contributed by atoms with Gasteiger partial charge < -0.3 is 0 Å². The quantitative estimate of drug-likeness (QED) is 0.808. The van der Waals surface area contributed by atoms with Crippen molar-refractivity contribution in [3.8, 4) is 5.69 Å². The Kier molecular flexibility index (Phi) is 3.11. The standard InChI is InChI=1S/C14H14ClN3O/c1-9-11(15)6-3-7-13(9)18-14(10-4-2-5-10)12(8-19)16-17-18/h3,6-8,10H,2,4-5H2,1H3. The maximum Gasteiger partial charge on any atom is 0.172 e. The molecule has 0 atom stereocenters. The van der Waals surface area contributed by atoms with E-state index in [-0.39, 0.29) is 0 Å². The fourth-order valence-electron chi connectivity index (χ4n) is 2.45. The van der Waals surface area contributed by atoms with Gasteiger partial charge in [-0.25, -0.2) is 4.68 Å². The molecule has 4 nitrogen and oxygen atoms in total. The first-order valence-electron chi connectivity index (χ1n) is 6.38. The normalized spacial score (nSPS) is 15.3. The molecular weight excluding hydrogens is 262 g/mol. The summed E-state index contributed by atoms with van der Waals surface area (Å²) in [4.78, 5) is 11.1. The number of carbonyl (C=O) groups excluding carboxylic acids is 1. The average molecular weight is 276 g/mol. The molecule has 1 fully saturated rings. The first-order valence-corrected chi connectivity index (χ1v) is 6.76. The average Bonchev–Trinajstić information content (AvgIpc) is 2.74. The molecule has 0 saturated heterocycles. The number of benzene rings is 1. The van der Waals surface area contributed by atoms with Crippen molar-refractivity contribution in [3.63, 3.8) is 0 Å². The van der Waals surface area contributed by atoms with E-state index in [1.165, 1.54) is 6.42 Å². The molecule has 0 aliphatic heterocycles. The van der Waals surface area contributed by atoms with Crippen LogP contribution < -0.4 is 0 Å². The van der Waals surface area contributed by atoms with Gasteiger partial charge in [0.15, 0.2) is 6.29 Å². The van der Waals surface area contributed by atoms with Gasteiger partial charge in [0.2, 0.25) is 0 Å². The van der Waals surface area contributed by atoms with Gasteiger partial charge in [0.25, 0.3) is 0 Å². The van der Waals surface area contributed by atoms with Crippen LogP contribution in [-0.4, -0.2) is 21.3 Å². The molecule has 1 aliphatic rings. The second-order valence-corrected chi connectivity index (χ2v) is 5.31. The van der Waals surface area contributed by atoms with Gasteiger partial charge in [0.05, 0.1) is 11.4 Å². The number of rotatable bonds is 3. The van der Waals surface area contributed by atoms with Crippen LogP contribution in [0, 0.1) is 6.92 Å². The second kappa shape index (κ2) is 4.78. The lowest BCUT2D eigenvalue weighted by atomic mass is 9.82. The monoisotopic (exact) mass is 275 g/mol. The van der Waals surface area contributed by atoms with Crippen LogP contribution in [0.15, 0.2) is 18.2 Å². The molecule has 98 valence electrons. The minimum Gasteiger partial charge on any atom is -0.296 e. The number of carbonyl (C=O) groups is 1. The van der Waals surface area contributed by atoms with E-state index in [0.717, 1.165) is 36.1 Å². The van der Waals surface area contributed by atoms with Crippen molar-refractivity contribution in [3.05, 3.63) is 40.2 Å². The number of hydrogen-bond donors (Lipinski definition) is 0. The summed E-state index contributed by atoms with van der Waals surface area (Å²) in [6.07, 6.45) is 4.17. The van der Waals surface area contributed by atoms with E-state index in [1.54, 1.807) is 4.68 Å². The second-order valence-electron chi connectivity index (χ2n) is 4.90. The number of halogens is 1. The summed E-state index contributed by atoms with van der Waals surface area (Å²) in [7, 11) is 0. The molecular formula is C14H14ClN3O. The van der Waals surface area contributed by atoms with E-state index in [0.29, 0.717) is 16.6 Å². The third kappa shape index (κ3) is 1.96. The highest BCUT2D eigenvalue weighted by Gasteiger charge is 2.28. The Morgan fingerprint density at radius 1 is 1.42 bits per heavy atom. The molecule has 0 unspecified atom stereocenters. The van der Waals surface area contributed by atoms with E-state index in [1.807, 2.05) is 25.1 Å². The van der Waals surface area contributed by atoms with Gasteiger partial charge in [-0.3, -0.25) is 4.79 Å². The van der Waals surface area contributed by atoms with Crippen LogP contribution in [0.1, 0.15) is 46.9 Å². The zero-order chi connectivity index (χ0) is 13.4. The van der Waals surface area contributed by atoms with Crippen LogP contribution in [0.4, 0.5) is 0 Å². The van der Waals surface area contributed by atoms with Crippen LogP contribution in [-0.2, 0) is 0 Å². The zero-order valence-electron chi connectivity index (χ0n) is 10.6. The number of hydrogen-bond acceptors (Lipinski definition) is 3. The van der Waals surface area contributed by atoms with Gasteiger partial charge in [0.1, 0.15) is 5.69 Å². The Morgan fingerprint density at radius 3 is 2.84 bits per heavy atom. The summed E-state index contributed by atoms with van der Waals surface area (Å²) in [5.41, 5.74) is 3.22. The third-order valence-corrected chi connectivity index (χ3v) is 4.21. The minimum atomic E-state index is 0.383. The van der Waals surface area contributed by atoms with Crippen molar-refractivity contribution in [1.82, 2.24) is 15.0 Å². The highest BCUT2D eigenvalue weighted by Crippen LogP contribution is 2.38. The fourth-order valence-corrected chi connectivity index (χ4v) is 2.62. The van der Waals surface area contributed by atoms with Crippen molar-refractivity contribution < 1.29 is 4.79 Å². The van der Waals surface area contributed by atoms with E-state index >= 15 is 0 Å². The SMILES string of the molecule is Cc1c(Cl)cccc1-n1nnc(C=O)c1C1CCC1. The van der Waals surface area contributed by atoms with Crippen molar-refractivity contribution in [2.45, 2.75) is 32.1 Å². The summed E-state index contributed by atoms with van der Waals surface area (Å²) in [6, 6.07) is 5.69. The summed E-state index contributed by atoms with van der Waals surface area (Å²) in [6.45, 7) is 1.95. The topological polar surface area (TPSA) is 47.8 Å². The Labute approximate surface area is 116 Å². The van der Waals surface area contributed by atoms with Crippen molar-refractivity contribution in [2.24, 2.45) is 0 Å². The molecule has 0 spiro atoms. The van der Waals surface area contributed by atoms with Crippen molar-refractivity contribution in [2.75, 3.05) is 0 Å². The summed E-state index contributed by atoms with van der Waals surface area (Å²) >= 11 is 6.15. The van der Waals surface area contributed by atoms with Gasteiger partial charge in [-0.1, -0.05) is 29.3 Å². The van der Waals surface area contributed by atoms with Crippen LogP contribution in [0.5, 0.6) is 0 Å². The maximum atomic E-state index is 11.1. The Morgan fingerprint density at radius 2 is 2.21 bits per heavy atom. The van der Waals surface area contributed by atoms with Gasteiger partial charge in [-0.15, -0.1) is 5.10 Å². The number of aldehydes is 1. The van der Waals surface area contributed by atoms with E-state index < -0.39 is 0 Å². The van der Waals surface area contributed by atoms with E-state index in [9.17, 15) is 4.79 Å². The van der Waals surface area contributed by atoms with E-state index in [2.05, 4.69) is 10.3 Å². The molecule has 2 aromatic rings. The first-order chi connectivity index (χ1) is 9.22. The number of nitrogens with zero attached hydrogens (tertiary/aromatic N) is 3. The molecule has 5 heteroatoms. The predicted molar refractivity (Wildman–Crippen MR) is 73.1 cm³/mol. The Bertz CT molecular complexity index is 632. The lowest BCUT2D eigenvalue weighted by Gasteiger charge is -2.26.